The quantitative estimate of drug-likeness (QED) is 0.743. The monoisotopic (exact) mass is 187 g/mol. The summed E-state index contributed by atoms with van der Waals surface area (Å²) in [6.07, 6.45) is 0.0287. The number of hydrogen-bond acceptors (Lipinski definition) is 1. The van der Waals surface area contributed by atoms with Crippen LogP contribution in [-0.4, -0.2) is 16.1 Å². The number of aromatic nitrogens is 1. The second kappa shape index (κ2) is 3.19. The van der Waals surface area contributed by atoms with Crippen LogP contribution < -0.4 is 0 Å². The summed E-state index contributed by atoms with van der Waals surface area (Å²) in [6, 6.07) is 0. The largest absolute Gasteiger partial charge is 0.481 e. The number of carboxylic acid groups (broad SMARTS) is 1. The molecule has 2 N–H and O–H groups in total. The van der Waals surface area contributed by atoms with Crippen molar-refractivity contribution < 1.29 is 9.90 Å². The van der Waals surface area contributed by atoms with Gasteiger partial charge in [-0.2, -0.15) is 0 Å². The number of nitrogens with one attached hydrogen (secondary N) is 1. The fourth-order valence-electron chi connectivity index (χ4n) is 1.16. The van der Waals surface area contributed by atoms with E-state index in [1.54, 1.807) is 0 Å². The Bertz CT molecular complexity index is 317. The van der Waals surface area contributed by atoms with Gasteiger partial charge in [-0.15, -0.1) is 0 Å². The first-order chi connectivity index (χ1) is 5.52. The first-order valence-corrected chi connectivity index (χ1v) is 3.95. The normalized spacial score (nSPS) is 10.2. The summed E-state index contributed by atoms with van der Waals surface area (Å²) in [7, 11) is 0. The van der Waals surface area contributed by atoms with Crippen molar-refractivity contribution in [1.29, 1.82) is 0 Å². The van der Waals surface area contributed by atoms with Gasteiger partial charge in [-0.05, 0) is 25.0 Å². The summed E-state index contributed by atoms with van der Waals surface area (Å²) in [5.41, 5.74) is 2.45. The van der Waals surface area contributed by atoms with Crippen LogP contribution in [0.3, 0.4) is 0 Å². The first kappa shape index (κ1) is 9.13. The minimum Gasteiger partial charge on any atom is -0.481 e. The van der Waals surface area contributed by atoms with Gasteiger partial charge < -0.3 is 10.1 Å². The molecular weight excluding hydrogens is 178 g/mol. The predicted octanol–water partition coefficient (Wildman–Crippen LogP) is 1.91. The average Bonchev–Trinajstić information content (AvgIpc) is 2.16. The van der Waals surface area contributed by atoms with Crippen LogP contribution in [0.1, 0.15) is 16.8 Å². The third kappa shape index (κ3) is 1.61. The molecule has 0 amide bonds. The summed E-state index contributed by atoms with van der Waals surface area (Å²) in [6.45, 7) is 3.63. The zero-order valence-corrected chi connectivity index (χ0v) is 7.70. The molecule has 0 radical (unpaired) electrons. The van der Waals surface area contributed by atoms with E-state index in [1.165, 1.54) is 0 Å². The molecule has 0 saturated carbocycles. The zero-order chi connectivity index (χ0) is 9.30. The summed E-state index contributed by atoms with van der Waals surface area (Å²) in [5.74, 6) is -0.836. The molecule has 0 spiro atoms. The highest BCUT2D eigenvalue weighted by Gasteiger charge is 2.12. The second-order valence-corrected chi connectivity index (χ2v) is 3.12. The van der Waals surface area contributed by atoms with Crippen molar-refractivity contribution in [3.8, 4) is 0 Å². The van der Waals surface area contributed by atoms with Crippen LogP contribution in [0.25, 0.3) is 0 Å². The molecular formula is C8H10ClNO2. The van der Waals surface area contributed by atoms with E-state index in [4.69, 9.17) is 16.7 Å². The van der Waals surface area contributed by atoms with Crippen molar-refractivity contribution in [2.24, 2.45) is 0 Å². The van der Waals surface area contributed by atoms with E-state index in [2.05, 4.69) is 4.98 Å². The van der Waals surface area contributed by atoms with Crippen molar-refractivity contribution in [2.75, 3.05) is 0 Å². The van der Waals surface area contributed by atoms with Gasteiger partial charge in [0.05, 0.1) is 6.42 Å². The number of rotatable bonds is 2. The van der Waals surface area contributed by atoms with Crippen molar-refractivity contribution in [1.82, 2.24) is 4.98 Å². The van der Waals surface area contributed by atoms with Gasteiger partial charge in [0.25, 0.3) is 0 Å². The SMILES string of the molecule is Cc1[nH]c(Cl)c(C)c1CC(=O)O. The number of carboxylic acids is 1. The summed E-state index contributed by atoms with van der Waals surface area (Å²) >= 11 is 5.77. The number of aromatic amines is 1. The van der Waals surface area contributed by atoms with Crippen LogP contribution in [0, 0.1) is 13.8 Å². The molecule has 1 aromatic rings. The van der Waals surface area contributed by atoms with E-state index in [9.17, 15) is 4.79 Å². The molecule has 0 aliphatic rings. The van der Waals surface area contributed by atoms with Crippen LogP contribution in [0.4, 0.5) is 0 Å². The lowest BCUT2D eigenvalue weighted by atomic mass is 10.1. The lowest BCUT2D eigenvalue weighted by molar-refractivity contribution is -0.136. The number of hydrogen-bond donors (Lipinski definition) is 2. The first-order valence-electron chi connectivity index (χ1n) is 3.57. The summed E-state index contributed by atoms with van der Waals surface area (Å²) < 4.78 is 0. The van der Waals surface area contributed by atoms with E-state index in [1.807, 2.05) is 13.8 Å². The van der Waals surface area contributed by atoms with E-state index >= 15 is 0 Å². The molecule has 0 aliphatic carbocycles. The van der Waals surface area contributed by atoms with Crippen LogP contribution in [-0.2, 0) is 11.2 Å². The maximum atomic E-state index is 10.4. The number of H-pyrrole nitrogens is 1. The number of aliphatic carboxylic acids is 1. The van der Waals surface area contributed by atoms with Crippen molar-refractivity contribution >= 4 is 17.6 Å². The zero-order valence-electron chi connectivity index (χ0n) is 6.94. The van der Waals surface area contributed by atoms with Gasteiger partial charge >= 0.3 is 5.97 Å². The molecule has 0 saturated heterocycles. The summed E-state index contributed by atoms with van der Waals surface area (Å²) in [4.78, 5) is 13.3. The highest BCUT2D eigenvalue weighted by molar-refractivity contribution is 6.30. The Labute approximate surface area is 75.4 Å². The minimum atomic E-state index is -0.836. The molecule has 1 heterocycles. The Morgan fingerprint density at radius 1 is 1.58 bits per heavy atom. The number of aryl methyl sites for hydroxylation is 1. The molecule has 3 nitrogen and oxygen atoms in total. The van der Waals surface area contributed by atoms with E-state index < -0.39 is 5.97 Å². The van der Waals surface area contributed by atoms with Crippen molar-refractivity contribution in [3.63, 3.8) is 0 Å². The van der Waals surface area contributed by atoms with Gasteiger partial charge in [0.1, 0.15) is 5.15 Å². The minimum absolute atomic E-state index is 0.0287. The molecule has 0 fully saturated rings. The Balaban J connectivity index is 3.05. The van der Waals surface area contributed by atoms with Gasteiger partial charge in [-0.1, -0.05) is 11.6 Å². The third-order valence-electron chi connectivity index (χ3n) is 1.86. The molecule has 1 rings (SSSR count). The maximum absolute atomic E-state index is 10.4. The lowest BCUT2D eigenvalue weighted by Crippen LogP contribution is -2.01. The Hall–Kier alpha value is -0.960. The molecule has 4 heteroatoms. The lowest BCUT2D eigenvalue weighted by Gasteiger charge is -1.96. The average molecular weight is 188 g/mol. The highest BCUT2D eigenvalue weighted by atomic mass is 35.5. The molecule has 1 aromatic heterocycles. The standard InChI is InChI=1S/C8H10ClNO2/c1-4-6(3-7(11)12)5(2)10-8(4)9/h10H,3H2,1-2H3,(H,11,12). The van der Waals surface area contributed by atoms with Gasteiger partial charge in [0.15, 0.2) is 0 Å². The van der Waals surface area contributed by atoms with Crippen LogP contribution in [0.15, 0.2) is 0 Å². The van der Waals surface area contributed by atoms with Crippen LogP contribution >= 0.6 is 11.6 Å². The Morgan fingerprint density at radius 3 is 2.50 bits per heavy atom. The highest BCUT2D eigenvalue weighted by Crippen LogP contribution is 2.21. The van der Waals surface area contributed by atoms with Crippen molar-refractivity contribution in [3.05, 3.63) is 22.0 Å². The molecule has 12 heavy (non-hydrogen) atoms. The van der Waals surface area contributed by atoms with E-state index in [0.717, 1.165) is 16.8 Å². The second-order valence-electron chi connectivity index (χ2n) is 2.74. The van der Waals surface area contributed by atoms with Gasteiger partial charge in [0, 0.05) is 5.69 Å². The smallest absolute Gasteiger partial charge is 0.307 e. The van der Waals surface area contributed by atoms with Crippen molar-refractivity contribution in [2.45, 2.75) is 20.3 Å². The number of halogens is 1. The molecule has 0 aliphatic heterocycles. The van der Waals surface area contributed by atoms with Gasteiger partial charge in [-0.3, -0.25) is 4.79 Å². The fraction of sp³-hybridized carbons (Fsp3) is 0.375. The topological polar surface area (TPSA) is 53.1 Å². The van der Waals surface area contributed by atoms with Gasteiger partial charge in [0.2, 0.25) is 0 Å². The molecule has 0 atom stereocenters. The van der Waals surface area contributed by atoms with Gasteiger partial charge in [-0.25, -0.2) is 0 Å². The molecule has 0 bridgehead atoms. The Morgan fingerprint density at radius 2 is 2.17 bits per heavy atom. The fourth-order valence-corrected chi connectivity index (χ4v) is 1.42. The predicted molar refractivity (Wildman–Crippen MR) is 46.6 cm³/mol. The Kier molecular flexibility index (Phi) is 2.43. The van der Waals surface area contributed by atoms with E-state index in [-0.39, 0.29) is 6.42 Å². The summed E-state index contributed by atoms with van der Waals surface area (Å²) in [5, 5.41) is 9.10. The van der Waals surface area contributed by atoms with Crippen LogP contribution in [0.2, 0.25) is 5.15 Å². The molecule has 66 valence electrons. The molecule has 0 aromatic carbocycles. The van der Waals surface area contributed by atoms with Crippen LogP contribution in [0.5, 0.6) is 0 Å². The maximum Gasteiger partial charge on any atom is 0.307 e. The number of carbonyl (C=O) groups is 1. The third-order valence-corrected chi connectivity index (χ3v) is 2.24. The van der Waals surface area contributed by atoms with E-state index in [0.29, 0.717) is 5.15 Å². The molecule has 0 unspecified atom stereocenters.